The Labute approximate surface area is 132 Å². The Balaban J connectivity index is 2.28. The zero-order chi connectivity index (χ0) is 15.6. The van der Waals surface area contributed by atoms with Gasteiger partial charge in [-0.3, -0.25) is 4.79 Å². The third-order valence-corrected chi connectivity index (χ3v) is 5.76. The highest BCUT2D eigenvalue weighted by Crippen LogP contribution is 2.46. The Kier molecular flexibility index (Phi) is 5.24. The zero-order valence-electron chi connectivity index (χ0n) is 13.7. The molecule has 0 fully saturated rings. The van der Waals surface area contributed by atoms with Crippen LogP contribution in [-0.2, 0) is 0 Å². The highest BCUT2D eigenvalue weighted by atomic mass is 32.1. The van der Waals surface area contributed by atoms with Crippen LogP contribution in [-0.4, -0.2) is 5.78 Å². The zero-order valence-corrected chi connectivity index (χ0v) is 14.5. The van der Waals surface area contributed by atoms with Crippen molar-refractivity contribution in [1.82, 2.24) is 0 Å². The minimum Gasteiger partial charge on any atom is -0.293 e. The van der Waals surface area contributed by atoms with Crippen molar-refractivity contribution in [2.24, 2.45) is 11.8 Å². The lowest BCUT2D eigenvalue weighted by molar-refractivity contribution is 0.0942. The topological polar surface area (TPSA) is 17.1 Å². The summed E-state index contributed by atoms with van der Waals surface area (Å²) in [5.74, 6) is 0.948. The van der Waals surface area contributed by atoms with Crippen LogP contribution in [0.15, 0.2) is 12.3 Å². The minimum absolute atomic E-state index is 0.0000983. The largest absolute Gasteiger partial charge is 0.293 e. The van der Waals surface area contributed by atoms with Gasteiger partial charge in [0, 0.05) is 26.5 Å². The summed E-state index contributed by atoms with van der Waals surface area (Å²) in [6.45, 7) is 12.5. The van der Waals surface area contributed by atoms with Gasteiger partial charge in [0.1, 0.15) is 0 Å². The van der Waals surface area contributed by atoms with Crippen molar-refractivity contribution in [2.45, 2.75) is 59.8 Å². The Morgan fingerprint density at radius 3 is 2.48 bits per heavy atom. The van der Waals surface area contributed by atoms with E-state index >= 15 is 0 Å². The Morgan fingerprint density at radius 2 is 1.90 bits per heavy atom. The van der Waals surface area contributed by atoms with Crippen LogP contribution in [0.5, 0.6) is 0 Å². The van der Waals surface area contributed by atoms with Gasteiger partial charge < -0.3 is 0 Å². The van der Waals surface area contributed by atoms with Gasteiger partial charge in [-0.25, -0.2) is 0 Å². The molecule has 0 amide bonds. The molecule has 0 bridgehead atoms. The third-order valence-electron chi connectivity index (χ3n) is 4.74. The second kappa shape index (κ2) is 6.77. The van der Waals surface area contributed by atoms with E-state index in [1.807, 2.05) is 0 Å². The Hall–Kier alpha value is -1.11. The van der Waals surface area contributed by atoms with Crippen molar-refractivity contribution < 1.29 is 4.79 Å². The van der Waals surface area contributed by atoms with E-state index in [1.54, 1.807) is 11.3 Å². The maximum atomic E-state index is 12.8. The Morgan fingerprint density at radius 1 is 1.24 bits per heavy atom. The molecule has 114 valence electrons. The van der Waals surface area contributed by atoms with Gasteiger partial charge >= 0.3 is 0 Å². The average molecular weight is 302 g/mol. The Bertz CT molecular complexity index is 587. The van der Waals surface area contributed by atoms with E-state index < -0.39 is 0 Å². The summed E-state index contributed by atoms with van der Waals surface area (Å²) >= 11 is 1.73. The number of ketones is 1. The van der Waals surface area contributed by atoms with Crippen LogP contribution in [0.2, 0.25) is 0 Å². The van der Waals surface area contributed by atoms with Crippen molar-refractivity contribution in [2.75, 3.05) is 0 Å². The monoisotopic (exact) mass is 302 g/mol. The SMILES string of the molecule is C=C=C1c2c(C)sc(C)c2C(=O)C1CC(CC)CCCC. The molecule has 1 aromatic rings. The molecule has 0 radical (unpaired) electrons. The number of thiophene rings is 1. The molecule has 1 aromatic heterocycles. The molecule has 1 aliphatic carbocycles. The van der Waals surface area contributed by atoms with Gasteiger partial charge in [-0.05, 0) is 26.2 Å². The van der Waals surface area contributed by atoms with E-state index in [1.165, 1.54) is 24.1 Å². The van der Waals surface area contributed by atoms with E-state index in [0.29, 0.717) is 11.7 Å². The lowest BCUT2D eigenvalue weighted by atomic mass is 9.85. The van der Waals surface area contributed by atoms with Gasteiger partial charge in [-0.2, -0.15) is 0 Å². The summed E-state index contributed by atoms with van der Waals surface area (Å²) in [6, 6.07) is 0. The van der Waals surface area contributed by atoms with Gasteiger partial charge in [-0.1, -0.05) is 46.1 Å². The number of Topliss-reactive ketones (excluding diaryl/α,β-unsaturated/α-hetero) is 1. The number of allylic oxidation sites excluding steroid dienone is 1. The first-order valence-electron chi connectivity index (χ1n) is 8.09. The van der Waals surface area contributed by atoms with E-state index in [-0.39, 0.29) is 5.92 Å². The van der Waals surface area contributed by atoms with E-state index in [0.717, 1.165) is 34.4 Å². The molecule has 0 aromatic carbocycles. The number of rotatable bonds is 6. The molecular weight excluding hydrogens is 276 g/mol. The van der Waals surface area contributed by atoms with Crippen LogP contribution in [0.4, 0.5) is 0 Å². The van der Waals surface area contributed by atoms with Crippen molar-refractivity contribution in [3.8, 4) is 0 Å². The second-order valence-electron chi connectivity index (χ2n) is 6.12. The normalized spacial score (nSPS) is 18.8. The fourth-order valence-electron chi connectivity index (χ4n) is 3.54. The van der Waals surface area contributed by atoms with Crippen LogP contribution in [0.25, 0.3) is 5.57 Å². The van der Waals surface area contributed by atoms with E-state index in [9.17, 15) is 4.79 Å². The van der Waals surface area contributed by atoms with Crippen LogP contribution in [0.1, 0.15) is 71.6 Å². The summed E-state index contributed by atoms with van der Waals surface area (Å²) in [4.78, 5) is 15.2. The molecule has 0 aliphatic heterocycles. The molecular formula is C19H26OS. The lowest BCUT2D eigenvalue weighted by Crippen LogP contribution is -2.14. The van der Waals surface area contributed by atoms with Gasteiger partial charge in [-0.15, -0.1) is 17.1 Å². The molecule has 2 unspecified atom stereocenters. The van der Waals surface area contributed by atoms with Gasteiger partial charge in [0.2, 0.25) is 0 Å². The maximum Gasteiger partial charge on any atom is 0.172 e. The first-order valence-corrected chi connectivity index (χ1v) is 8.91. The minimum atomic E-state index is 0.0000983. The number of unbranched alkanes of at least 4 members (excludes halogenated alkanes) is 1. The molecule has 0 saturated carbocycles. The molecule has 21 heavy (non-hydrogen) atoms. The number of hydrogen-bond acceptors (Lipinski definition) is 2. The highest BCUT2D eigenvalue weighted by Gasteiger charge is 2.39. The molecule has 2 rings (SSSR count). The predicted octanol–water partition coefficient (Wildman–Crippen LogP) is 5.95. The first-order chi connectivity index (χ1) is 10.0. The lowest BCUT2D eigenvalue weighted by Gasteiger charge is -2.19. The number of aryl methyl sites for hydroxylation is 2. The molecule has 0 spiro atoms. The van der Waals surface area contributed by atoms with E-state index in [4.69, 9.17) is 0 Å². The van der Waals surface area contributed by atoms with E-state index in [2.05, 4.69) is 40.0 Å². The standard InChI is InChI=1S/C19H26OS/c1-6-9-10-14(7-2)11-16-15(8-3)17-12(4)21-13(5)18(17)19(16)20/h14,16H,3,6-7,9-11H2,1-2,4-5H3. The molecule has 2 heteroatoms. The maximum absolute atomic E-state index is 12.8. The van der Waals surface area contributed by atoms with Gasteiger partial charge in [0.25, 0.3) is 0 Å². The predicted molar refractivity (Wildman–Crippen MR) is 92.1 cm³/mol. The molecule has 0 N–H and O–H groups in total. The smallest absolute Gasteiger partial charge is 0.172 e. The first kappa shape index (κ1) is 16.3. The number of carbonyl (C=O) groups excluding carboxylic acids is 1. The number of carbonyl (C=O) groups is 1. The number of fused-ring (bicyclic) bond motifs is 1. The summed E-state index contributed by atoms with van der Waals surface area (Å²) in [7, 11) is 0. The highest BCUT2D eigenvalue weighted by molar-refractivity contribution is 7.12. The van der Waals surface area contributed by atoms with Crippen molar-refractivity contribution in [1.29, 1.82) is 0 Å². The van der Waals surface area contributed by atoms with Crippen LogP contribution in [0, 0.1) is 25.7 Å². The molecule has 2 atom stereocenters. The fourth-order valence-corrected chi connectivity index (χ4v) is 4.61. The van der Waals surface area contributed by atoms with Crippen LogP contribution in [0.3, 0.4) is 0 Å². The van der Waals surface area contributed by atoms with Gasteiger partial charge in [0.15, 0.2) is 5.78 Å². The van der Waals surface area contributed by atoms with Crippen LogP contribution < -0.4 is 0 Å². The van der Waals surface area contributed by atoms with Crippen molar-refractivity contribution in [3.63, 3.8) is 0 Å². The quantitative estimate of drug-likeness (QED) is 0.593. The third kappa shape index (κ3) is 2.93. The average Bonchev–Trinajstić information content (AvgIpc) is 2.91. The molecule has 1 nitrogen and oxygen atoms in total. The summed E-state index contributed by atoms with van der Waals surface area (Å²) in [5.41, 5.74) is 6.26. The van der Waals surface area contributed by atoms with Crippen molar-refractivity contribution in [3.05, 3.63) is 33.2 Å². The summed E-state index contributed by atoms with van der Waals surface area (Å²) in [5, 5.41) is 0. The summed E-state index contributed by atoms with van der Waals surface area (Å²) < 4.78 is 0. The second-order valence-corrected chi connectivity index (χ2v) is 7.55. The molecule has 0 saturated heterocycles. The fraction of sp³-hybridized carbons (Fsp3) is 0.579. The number of hydrogen-bond donors (Lipinski definition) is 0. The van der Waals surface area contributed by atoms with Crippen LogP contribution >= 0.6 is 11.3 Å². The molecule has 1 heterocycles. The van der Waals surface area contributed by atoms with Gasteiger partial charge in [0.05, 0.1) is 5.92 Å². The summed E-state index contributed by atoms with van der Waals surface area (Å²) in [6.07, 6.45) is 5.83. The van der Waals surface area contributed by atoms with Crippen molar-refractivity contribution >= 4 is 22.7 Å². The molecule has 1 aliphatic rings.